The fraction of sp³-hybridized carbons (Fsp3) is 0.143. The van der Waals surface area contributed by atoms with Crippen LogP contribution in [0.4, 0.5) is 19.0 Å². The third-order valence-electron chi connectivity index (χ3n) is 1.50. The molecule has 8 heteroatoms. The van der Waals surface area contributed by atoms with Gasteiger partial charge in [0.1, 0.15) is 5.56 Å². The van der Waals surface area contributed by atoms with Crippen LogP contribution in [0.3, 0.4) is 0 Å². The Morgan fingerprint density at radius 1 is 1.60 bits per heavy atom. The molecule has 0 atom stereocenters. The first-order valence-corrected chi connectivity index (χ1v) is 3.50. The van der Waals surface area contributed by atoms with E-state index in [1.165, 1.54) is 6.07 Å². The molecule has 15 heavy (non-hydrogen) atoms. The van der Waals surface area contributed by atoms with Crippen LogP contribution >= 0.6 is 0 Å². The summed E-state index contributed by atoms with van der Waals surface area (Å²) in [6.07, 6.45) is -3.22. The molecule has 1 aromatic heterocycles. The Bertz CT molecular complexity index is 456. The summed E-state index contributed by atoms with van der Waals surface area (Å²) in [7, 11) is 0. The number of aromatic nitrogens is 1. The van der Waals surface area contributed by atoms with Crippen molar-refractivity contribution in [3.05, 3.63) is 33.3 Å². The predicted octanol–water partition coefficient (Wildman–Crippen LogP) is 1.94. The molecular formula is C7H2F3N3O2. The van der Waals surface area contributed by atoms with Crippen LogP contribution in [0.2, 0.25) is 0 Å². The number of rotatable bonds is 2. The van der Waals surface area contributed by atoms with Crippen LogP contribution in [-0.4, -0.2) is 9.91 Å². The Kier molecular flexibility index (Phi) is 2.85. The van der Waals surface area contributed by atoms with Gasteiger partial charge in [0.15, 0.2) is 11.9 Å². The minimum atomic E-state index is -3.22. The summed E-state index contributed by atoms with van der Waals surface area (Å²) >= 11 is 0. The van der Waals surface area contributed by atoms with Crippen LogP contribution in [0.25, 0.3) is 0 Å². The molecule has 0 N–H and O–H groups in total. The lowest BCUT2D eigenvalue weighted by Crippen LogP contribution is -2.03. The summed E-state index contributed by atoms with van der Waals surface area (Å²) in [5, 5.41) is 18.6. The van der Waals surface area contributed by atoms with Gasteiger partial charge in [-0.3, -0.25) is 0 Å². The van der Waals surface area contributed by atoms with Gasteiger partial charge in [0.05, 0.1) is 0 Å². The van der Waals surface area contributed by atoms with E-state index in [-0.39, 0.29) is 6.07 Å². The summed E-state index contributed by atoms with van der Waals surface area (Å²) in [6, 6.07) is 1.47. The number of nitro groups is 1. The molecule has 0 saturated carbocycles. The summed E-state index contributed by atoms with van der Waals surface area (Å²) in [5.41, 5.74) is -2.03. The second-order valence-corrected chi connectivity index (χ2v) is 2.40. The molecule has 5 nitrogen and oxygen atoms in total. The molecule has 0 amide bonds. The van der Waals surface area contributed by atoms with Crippen LogP contribution in [-0.2, 0) is 0 Å². The highest BCUT2D eigenvalue weighted by molar-refractivity contribution is 5.39. The molecule has 78 valence electrons. The number of alkyl halides is 2. The van der Waals surface area contributed by atoms with Crippen molar-refractivity contribution in [2.24, 2.45) is 0 Å². The molecule has 1 heterocycles. The number of pyridine rings is 1. The van der Waals surface area contributed by atoms with E-state index >= 15 is 0 Å². The Morgan fingerprint density at radius 3 is 2.60 bits per heavy atom. The van der Waals surface area contributed by atoms with E-state index in [1.807, 2.05) is 0 Å². The molecule has 0 aliphatic heterocycles. The molecule has 0 saturated heterocycles. The van der Waals surface area contributed by atoms with Crippen molar-refractivity contribution in [2.45, 2.75) is 6.43 Å². The van der Waals surface area contributed by atoms with Gasteiger partial charge >= 0.3 is 5.82 Å². The van der Waals surface area contributed by atoms with E-state index in [0.717, 1.165) is 0 Å². The largest absolute Gasteiger partial charge is 0.374 e. The first-order valence-electron chi connectivity index (χ1n) is 3.50. The van der Waals surface area contributed by atoms with Gasteiger partial charge in [-0.2, -0.15) is 5.26 Å². The van der Waals surface area contributed by atoms with Crippen molar-refractivity contribution in [3.63, 3.8) is 0 Å². The molecule has 0 bridgehead atoms. The van der Waals surface area contributed by atoms with Gasteiger partial charge in [-0.1, -0.05) is 0 Å². The van der Waals surface area contributed by atoms with E-state index < -0.39 is 34.2 Å². The lowest BCUT2D eigenvalue weighted by Gasteiger charge is -2.00. The summed E-state index contributed by atoms with van der Waals surface area (Å²) < 4.78 is 37.2. The van der Waals surface area contributed by atoms with E-state index in [2.05, 4.69) is 4.98 Å². The average Bonchev–Trinajstić information content (AvgIpc) is 2.16. The maximum Gasteiger partial charge on any atom is 0.374 e. The van der Waals surface area contributed by atoms with Gasteiger partial charge in [0.25, 0.3) is 12.1 Å². The predicted molar refractivity (Wildman–Crippen MR) is 40.5 cm³/mol. The zero-order valence-electron chi connectivity index (χ0n) is 6.95. The molecule has 0 aromatic carbocycles. The normalized spacial score (nSPS) is 10.1. The van der Waals surface area contributed by atoms with Crippen LogP contribution in [0.15, 0.2) is 6.07 Å². The Labute approximate surface area is 80.9 Å². The second kappa shape index (κ2) is 3.91. The summed E-state index contributed by atoms with van der Waals surface area (Å²) in [4.78, 5) is 12.0. The van der Waals surface area contributed by atoms with Crippen molar-refractivity contribution in [1.82, 2.24) is 4.98 Å². The molecule has 0 unspecified atom stereocenters. The van der Waals surface area contributed by atoms with Crippen LogP contribution in [0.5, 0.6) is 0 Å². The number of nitriles is 1. The Morgan fingerprint density at radius 2 is 2.20 bits per heavy atom. The van der Waals surface area contributed by atoms with Crippen molar-refractivity contribution in [1.29, 1.82) is 5.26 Å². The SMILES string of the molecule is N#Cc1nc([N+](=O)[O-])c(C(F)F)cc1F. The quantitative estimate of drug-likeness (QED) is 0.560. The van der Waals surface area contributed by atoms with Gasteiger partial charge in [0, 0.05) is 0 Å². The van der Waals surface area contributed by atoms with E-state index in [0.29, 0.717) is 0 Å². The Balaban J connectivity index is 3.47. The van der Waals surface area contributed by atoms with Crippen molar-refractivity contribution in [3.8, 4) is 6.07 Å². The lowest BCUT2D eigenvalue weighted by atomic mass is 10.2. The van der Waals surface area contributed by atoms with Gasteiger partial charge in [-0.25, -0.2) is 13.2 Å². The topological polar surface area (TPSA) is 79.8 Å². The summed E-state index contributed by atoms with van der Waals surface area (Å²) in [5.74, 6) is -2.51. The van der Waals surface area contributed by atoms with E-state index in [4.69, 9.17) is 5.26 Å². The van der Waals surface area contributed by atoms with Crippen LogP contribution in [0.1, 0.15) is 17.7 Å². The van der Waals surface area contributed by atoms with E-state index in [1.54, 1.807) is 0 Å². The Hall–Kier alpha value is -2.17. The highest BCUT2D eigenvalue weighted by atomic mass is 19.3. The second-order valence-electron chi connectivity index (χ2n) is 2.40. The van der Waals surface area contributed by atoms with Crippen LogP contribution in [0, 0.1) is 27.3 Å². The highest BCUT2D eigenvalue weighted by Crippen LogP contribution is 2.28. The maximum atomic E-state index is 12.8. The molecular weight excluding hydrogens is 215 g/mol. The van der Waals surface area contributed by atoms with Crippen LogP contribution < -0.4 is 0 Å². The molecule has 0 radical (unpaired) electrons. The smallest absolute Gasteiger partial charge is 0.358 e. The molecule has 0 fully saturated rings. The van der Waals surface area contributed by atoms with Gasteiger partial charge in [-0.05, 0) is 16.0 Å². The zero-order valence-corrected chi connectivity index (χ0v) is 6.95. The molecule has 1 rings (SSSR count). The molecule has 0 aliphatic carbocycles. The van der Waals surface area contributed by atoms with Gasteiger partial charge in [0.2, 0.25) is 0 Å². The van der Waals surface area contributed by atoms with Gasteiger partial charge in [-0.15, -0.1) is 0 Å². The number of halogens is 3. The molecule has 0 aliphatic rings. The number of hydrogen-bond donors (Lipinski definition) is 0. The fourth-order valence-corrected chi connectivity index (χ4v) is 0.879. The summed E-state index contributed by atoms with van der Waals surface area (Å²) in [6.45, 7) is 0. The third-order valence-corrected chi connectivity index (χ3v) is 1.50. The highest BCUT2D eigenvalue weighted by Gasteiger charge is 2.27. The maximum absolute atomic E-state index is 12.8. The van der Waals surface area contributed by atoms with Crippen molar-refractivity contribution < 1.29 is 18.1 Å². The first kappa shape index (κ1) is 10.9. The third kappa shape index (κ3) is 2.01. The average molecular weight is 217 g/mol. The lowest BCUT2D eigenvalue weighted by molar-refractivity contribution is -0.391. The fourth-order valence-electron chi connectivity index (χ4n) is 0.879. The van der Waals surface area contributed by atoms with Gasteiger partial charge < -0.3 is 10.1 Å². The molecule has 0 spiro atoms. The minimum Gasteiger partial charge on any atom is -0.358 e. The first-order chi connectivity index (χ1) is 6.97. The van der Waals surface area contributed by atoms with E-state index in [9.17, 15) is 23.3 Å². The van der Waals surface area contributed by atoms with Crippen molar-refractivity contribution in [2.75, 3.05) is 0 Å². The minimum absolute atomic E-state index is 0.244. The zero-order chi connectivity index (χ0) is 11.6. The standard InChI is InChI=1S/C7H2F3N3O2/c8-4-1-3(6(9)10)7(13(14)15)12-5(4)2-11/h1,6H. The number of nitrogens with zero attached hydrogens (tertiary/aromatic N) is 3. The van der Waals surface area contributed by atoms with Crippen molar-refractivity contribution >= 4 is 5.82 Å². The monoisotopic (exact) mass is 217 g/mol. The number of hydrogen-bond acceptors (Lipinski definition) is 4. The molecule has 1 aromatic rings.